The minimum atomic E-state index is -1.89. The van der Waals surface area contributed by atoms with Crippen LogP contribution in [0.2, 0.25) is 0 Å². The highest BCUT2D eigenvalue weighted by Gasteiger charge is 2.45. The second kappa shape index (κ2) is 11.5. The van der Waals surface area contributed by atoms with Gasteiger partial charge in [-0.15, -0.1) is 5.53 Å². The number of carbonyl (C=O) groups is 2. The summed E-state index contributed by atoms with van der Waals surface area (Å²) in [6.45, 7) is 4.24. The fraction of sp³-hybridized carbons (Fsp3) is 0.333. The molecular weight excluding hydrogens is 590 g/mol. The maximum atomic E-state index is 13.9. The predicted octanol–water partition coefficient (Wildman–Crippen LogP) is 0.700. The Morgan fingerprint density at radius 2 is 2.09 bits per heavy atom. The standard InChI is InChI=1S/C33H35N7O6/c1-3-33(44)25-11-27-30-23(15-40(27)31(42)24(25)16-45-32(33)43)22(29-21-7-5-4-6-19(21)8-9-26(29)36-30)14-39-13-20(37-38-39)10-18(2)46-17-35-28(41)12-34/h4-9,11,13,18,37-38,44H,3,10,12,14-17,34H2,1-2H3,(H,35,41)/p+1/t18?,33-/m0/s1. The minimum absolute atomic E-state index is 0.0788. The van der Waals surface area contributed by atoms with E-state index in [1.54, 1.807) is 17.6 Å². The number of hydrogen-bond acceptors (Lipinski definition) is 10. The van der Waals surface area contributed by atoms with Crippen molar-refractivity contribution in [2.45, 2.75) is 58.1 Å². The van der Waals surface area contributed by atoms with Gasteiger partial charge in [0.15, 0.2) is 5.60 Å². The van der Waals surface area contributed by atoms with Crippen molar-refractivity contribution in [1.29, 1.82) is 0 Å². The summed E-state index contributed by atoms with van der Waals surface area (Å²) in [6.07, 6.45) is 2.54. The summed E-state index contributed by atoms with van der Waals surface area (Å²) in [4.78, 5) is 43.0. The molecule has 5 heterocycles. The number of amides is 1. The number of nitrogens with zero attached hydrogens (tertiary/aromatic N) is 3. The molecule has 0 aliphatic carbocycles. The van der Waals surface area contributed by atoms with Crippen molar-refractivity contribution in [3.05, 3.63) is 87.0 Å². The van der Waals surface area contributed by atoms with Gasteiger partial charge in [-0.2, -0.15) is 0 Å². The van der Waals surface area contributed by atoms with Gasteiger partial charge in [-0.1, -0.05) is 37.3 Å². The van der Waals surface area contributed by atoms with Crippen LogP contribution in [0, 0.1) is 0 Å². The highest BCUT2D eigenvalue weighted by Crippen LogP contribution is 2.41. The molecule has 0 saturated heterocycles. The first-order valence-electron chi connectivity index (χ1n) is 15.4. The molecule has 2 aromatic carbocycles. The van der Waals surface area contributed by atoms with Crippen molar-refractivity contribution >= 4 is 33.6 Å². The second-order valence-electron chi connectivity index (χ2n) is 11.9. The normalized spacial score (nSPS) is 18.9. The van der Waals surface area contributed by atoms with Gasteiger partial charge in [-0.3, -0.25) is 9.59 Å². The molecule has 3 aliphatic heterocycles. The average molecular weight is 627 g/mol. The lowest BCUT2D eigenvalue weighted by atomic mass is 9.86. The highest BCUT2D eigenvalue weighted by atomic mass is 16.6. The number of cyclic esters (lactones) is 1. The van der Waals surface area contributed by atoms with Gasteiger partial charge in [0.25, 0.3) is 5.56 Å². The van der Waals surface area contributed by atoms with Crippen LogP contribution in [0.25, 0.3) is 33.1 Å². The lowest BCUT2D eigenvalue weighted by Crippen LogP contribution is -2.96. The van der Waals surface area contributed by atoms with Crippen LogP contribution in [-0.4, -0.2) is 50.9 Å². The Kier molecular flexibility index (Phi) is 7.48. The topological polar surface area (TPSA) is 178 Å². The molecular formula is C33H36N7O6+. The molecule has 1 amide bonds. The van der Waals surface area contributed by atoms with E-state index in [4.69, 9.17) is 20.2 Å². The number of rotatable bonds is 9. The maximum absolute atomic E-state index is 13.9. The van der Waals surface area contributed by atoms with E-state index >= 15 is 0 Å². The van der Waals surface area contributed by atoms with E-state index in [1.165, 1.54) is 0 Å². The summed E-state index contributed by atoms with van der Waals surface area (Å²) in [5, 5.41) is 19.1. The van der Waals surface area contributed by atoms with Gasteiger partial charge < -0.3 is 30.2 Å². The summed E-state index contributed by atoms with van der Waals surface area (Å²) in [6, 6.07) is 14.0. The molecule has 0 saturated carbocycles. The molecule has 2 aromatic heterocycles. The van der Waals surface area contributed by atoms with Gasteiger partial charge in [0, 0.05) is 22.9 Å². The van der Waals surface area contributed by atoms with E-state index in [2.05, 4.69) is 27.9 Å². The molecule has 2 atom stereocenters. The van der Waals surface area contributed by atoms with Gasteiger partial charge >= 0.3 is 5.97 Å². The maximum Gasteiger partial charge on any atom is 0.343 e. The van der Waals surface area contributed by atoms with Crippen molar-refractivity contribution in [3.8, 4) is 11.4 Å². The van der Waals surface area contributed by atoms with Crippen molar-refractivity contribution in [2.24, 2.45) is 5.73 Å². The van der Waals surface area contributed by atoms with Gasteiger partial charge in [0.05, 0.1) is 60.1 Å². The van der Waals surface area contributed by atoms with Crippen molar-refractivity contribution in [3.63, 3.8) is 0 Å². The summed E-state index contributed by atoms with van der Waals surface area (Å²) in [5.41, 5.74) is 13.9. The smallest absolute Gasteiger partial charge is 0.343 e. The van der Waals surface area contributed by atoms with Gasteiger partial charge in [0.1, 0.15) is 13.3 Å². The summed E-state index contributed by atoms with van der Waals surface area (Å²) >= 11 is 0. The van der Waals surface area contributed by atoms with Crippen LogP contribution >= 0.6 is 0 Å². The molecule has 7 rings (SSSR count). The first kappa shape index (κ1) is 29.9. The Labute approximate surface area is 263 Å². The monoisotopic (exact) mass is 626 g/mol. The fourth-order valence-corrected chi connectivity index (χ4v) is 6.65. The van der Waals surface area contributed by atoms with Crippen molar-refractivity contribution in [2.75, 3.05) is 13.3 Å². The lowest BCUT2D eigenvalue weighted by Gasteiger charge is -2.31. The summed E-state index contributed by atoms with van der Waals surface area (Å²) in [5.74, 6) is -1.02. The zero-order valence-electron chi connectivity index (χ0n) is 25.6. The Hall–Kier alpha value is -4.82. The molecule has 1 unspecified atom stereocenters. The molecule has 46 heavy (non-hydrogen) atoms. The number of hydrogen-bond donors (Lipinski definition) is 5. The quantitative estimate of drug-likeness (QED) is 0.0677. The van der Waals surface area contributed by atoms with E-state index in [-0.39, 0.29) is 43.9 Å². The Bertz CT molecular complexity index is 2010. The molecule has 13 nitrogen and oxygen atoms in total. The number of fused-ring (bicyclic) bond motifs is 7. The third-order valence-electron chi connectivity index (χ3n) is 9.10. The molecule has 0 bridgehead atoms. The number of carbonyl (C=O) groups excluding carboxylic acids is 2. The number of ether oxygens (including phenoxy) is 2. The van der Waals surface area contributed by atoms with Crippen LogP contribution < -0.4 is 27.6 Å². The molecule has 0 radical (unpaired) electrons. The van der Waals surface area contributed by atoms with Gasteiger partial charge in [-0.05, 0) is 41.8 Å². The number of pyridine rings is 2. The number of nitrogens with one attached hydrogen (secondary N) is 2. The van der Waals surface area contributed by atoms with Crippen LogP contribution in [0.4, 0.5) is 0 Å². The predicted molar refractivity (Wildman–Crippen MR) is 168 cm³/mol. The van der Waals surface area contributed by atoms with Gasteiger partial charge in [0.2, 0.25) is 5.91 Å². The number of aliphatic hydroxyl groups is 1. The van der Waals surface area contributed by atoms with Crippen LogP contribution in [-0.2, 0) is 44.4 Å². The lowest BCUT2D eigenvalue weighted by molar-refractivity contribution is -0.826. The minimum Gasteiger partial charge on any atom is -0.458 e. The molecule has 0 spiro atoms. The number of esters is 1. The number of nitrogens with two attached hydrogens (primary N) is 2. The SMILES string of the molecule is CC[C@@]1(O)C(=O)OCc2c1cc1n(c2=O)Cc2c-1nc1ccc3ccccc3c1c2CN1C=C(CC(C)OCNC(=O)CN)N[NH2+]1. The third-order valence-corrected chi connectivity index (χ3v) is 9.10. The molecule has 13 heteroatoms. The number of quaternary nitrogens is 1. The largest absolute Gasteiger partial charge is 0.458 e. The zero-order chi connectivity index (χ0) is 32.2. The molecule has 7 N–H and O–H groups in total. The van der Waals surface area contributed by atoms with Crippen LogP contribution in [0.1, 0.15) is 48.9 Å². The summed E-state index contributed by atoms with van der Waals surface area (Å²) < 4.78 is 12.7. The molecule has 0 fully saturated rings. The molecule has 238 valence electrons. The van der Waals surface area contributed by atoms with E-state index in [1.807, 2.05) is 42.9 Å². The van der Waals surface area contributed by atoms with Crippen LogP contribution in [0.5, 0.6) is 0 Å². The molecule has 4 aromatic rings. The Morgan fingerprint density at radius 3 is 2.89 bits per heavy atom. The van der Waals surface area contributed by atoms with E-state index < -0.39 is 11.6 Å². The van der Waals surface area contributed by atoms with Crippen molar-refractivity contribution in [1.82, 2.24) is 25.3 Å². The highest BCUT2D eigenvalue weighted by molar-refractivity contribution is 6.09. The third kappa shape index (κ3) is 4.88. The zero-order valence-corrected chi connectivity index (χ0v) is 25.6. The fourth-order valence-electron chi connectivity index (χ4n) is 6.65. The summed E-state index contributed by atoms with van der Waals surface area (Å²) in [7, 11) is 0. The van der Waals surface area contributed by atoms with Crippen LogP contribution in [0.15, 0.2) is 59.2 Å². The Balaban J connectivity index is 1.29. The molecule has 3 aliphatic rings. The van der Waals surface area contributed by atoms with Gasteiger partial charge in [-0.25, -0.2) is 20.2 Å². The van der Waals surface area contributed by atoms with Crippen molar-refractivity contribution < 1.29 is 29.7 Å². The second-order valence-corrected chi connectivity index (χ2v) is 11.9. The first-order valence-corrected chi connectivity index (χ1v) is 15.4. The number of benzene rings is 2. The Morgan fingerprint density at radius 1 is 1.26 bits per heavy atom. The van der Waals surface area contributed by atoms with E-state index in [0.717, 1.165) is 38.5 Å². The number of aromatic nitrogens is 2. The van der Waals surface area contributed by atoms with E-state index in [0.29, 0.717) is 42.0 Å². The van der Waals surface area contributed by atoms with E-state index in [9.17, 15) is 19.5 Å². The first-order chi connectivity index (χ1) is 22.2. The average Bonchev–Trinajstić information content (AvgIpc) is 3.66. The van der Waals surface area contributed by atoms with Crippen LogP contribution in [0.3, 0.4) is 0 Å².